The van der Waals surface area contributed by atoms with Crippen LogP contribution in [0.3, 0.4) is 0 Å². The Kier molecular flexibility index (Phi) is 4.88. The van der Waals surface area contributed by atoms with Crippen LogP contribution in [-0.2, 0) is 0 Å². The lowest BCUT2D eigenvalue weighted by molar-refractivity contribution is 0.0521. The first-order valence-corrected chi connectivity index (χ1v) is 11.3. The molecular weight excluding hydrogens is 418 g/mol. The van der Waals surface area contributed by atoms with Crippen LogP contribution in [0.2, 0.25) is 0 Å². The first kappa shape index (κ1) is 19.0. The highest BCUT2D eigenvalue weighted by Gasteiger charge is 2.27. The van der Waals surface area contributed by atoms with Gasteiger partial charge in [0.2, 0.25) is 0 Å². The minimum Gasteiger partial charge on any atom is -0.448 e. The predicted octanol–water partition coefficient (Wildman–Crippen LogP) is 4.52. The molecule has 4 aromatic rings. The number of aromatic nitrogens is 1. The summed E-state index contributed by atoms with van der Waals surface area (Å²) >= 11 is 3.04. The van der Waals surface area contributed by atoms with Gasteiger partial charge < -0.3 is 14.2 Å². The molecule has 1 saturated heterocycles. The molecule has 0 radical (unpaired) electrons. The fourth-order valence-corrected chi connectivity index (χ4v) is 5.28. The van der Waals surface area contributed by atoms with Crippen molar-refractivity contribution in [1.29, 1.82) is 0 Å². The van der Waals surface area contributed by atoms with Crippen LogP contribution in [0.5, 0.6) is 0 Å². The van der Waals surface area contributed by atoms with Crippen LogP contribution in [0.1, 0.15) is 25.1 Å². The SMILES string of the molecule is Cc1ccc(C(=O)N2CCN(C(=O)c3ccc(-c4nc5ccccc5s4)o3)CC2)s1. The highest BCUT2D eigenvalue weighted by Crippen LogP contribution is 2.31. The average molecular weight is 438 g/mol. The number of furan rings is 1. The first-order valence-electron chi connectivity index (χ1n) is 9.69. The molecule has 0 aliphatic carbocycles. The fourth-order valence-electron chi connectivity index (χ4n) is 3.52. The van der Waals surface area contributed by atoms with E-state index in [-0.39, 0.29) is 11.8 Å². The van der Waals surface area contributed by atoms with Gasteiger partial charge in [-0.2, -0.15) is 0 Å². The van der Waals surface area contributed by atoms with Crippen molar-refractivity contribution in [3.63, 3.8) is 0 Å². The Morgan fingerprint density at radius 2 is 1.63 bits per heavy atom. The second kappa shape index (κ2) is 7.70. The molecule has 1 aliphatic rings. The molecule has 0 unspecified atom stereocenters. The van der Waals surface area contributed by atoms with E-state index in [9.17, 15) is 9.59 Å². The maximum Gasteiger partial charge on any atom is 0.289 e. The Morgan fingerprint density at radius 3 is 2.33 bits per heavy atom. The maximum atomic E-state index is 12.9. The van der Waals surface area contributed by atoms with Crippen molar-refractivity contribution in [2.45, 2.75) is 6.92 Å². The average Bonchev–Trinajstić information content (AvgIpc) is 3.51. The number of carbonyl (C=O) groups excluding carboxylic acids is 2. The number of fused-ring (bicyclic) bond motifs is 1. The minimum absolute atomic E-state index is 0.0383. The molecule has 1 aromatic carbocycles. The summed E-state index contributed by atoms with van der Waals surface area (Å²) in [5.41, 5.74) is 0.920. The zero-order chi connectivity index (χ0) is 20.7. The Morgan fingerprint density at radius 1 is 0.900 bits per heavy atom. The molecule has 0 N–H and O–H groups in total. The first-order chi connectivity index (χ1) is 14.6. The highest BCUT2D eigenvalue weighted by molar-refractivity contribution is 7.21. The van der Waals surface area contributed by atoms with Gasteiger partial charge in [0, 0.05) is 31.1 Å². The second-order valence-corrected chi connectivity index (χ2v) is 9.46. The number of hydrogen-bond acceptors (Lipinski definition) is 6. The predicted molar refractivity (Wildman–Crippen MR) is 118 cm³/mol. The maximum absolute atomic E-state index is 12.9. The van der Waals surface area contributed by atoms with Crippen molar-refractivity contribution >= 4 is 44.7 Å². The summed E-state index contributed by atoms with van der Waals surface area (Å²) < 4.78 is 6.92. The number of amides is 2. The lowest BCUT2D eigenvalue weighted by Gasteiger charge is -2.34. The van der Waals surface area contributed by atoms with E-state index in [4.69, 9.17) is 4.42 Å². The number of rotatable bonds is 3. The Bertz CT molecular complexity index is 1200. The van der Waals surface area contributed by atoms with Crippen LogP contribution in [0, 0.1) is 6.92 Å². The summed E-state index contributed by atoms with van der Waals surface area (Å²) in [4.78, 5) is 35.5. The summed E-state index contributed by atoms with van der Waals surface area (Å²) in [6.45, 7) is 4.02. The number of nitrogens with zero attached hydrogens (tertiary/aromatic N) is 3. The molecule has 5 rings (SSSR count). The van der Waals surface area contributed by atoms with E-state index in [1.54, 1.807) is 28.4 Å². The van der Waals surface area contributed by atoms with Gasteiger partial charge in [0.15, 0.2) is 16.5 Å². The van der Waals surface area contributed by atoms with Crippen molar-refractivity contribution in [2.24, 2.45) is 0 Å². The number of para-hydroxylation sites is 1. The monoisotopic (exact) mass is 437 g/mol. The Hall–Kier alpha value is -2.97. The van der Waals surface area contributed by atoms with Crippen LogP contribution in [-0.4, -0.2) is 52.8 Å². The van der Waals surface area contributed by atoms with Crippen LogP contribution in [0.4, 0.5) is 0 Å². The van der Waals surface area contributed by atoms with E-state index < -0.39 is 0 Å². The molecule has 0 atom stereocenters. The third-order valence-corrected chi connectivity index (χ3v) is 7.17. The number of thiazole rings is 1. The van der Waals surface area contributed by atoms with Gasteiger partial charge in [0.25, 0.3) is 11.8 Å². The second-order valence-electron chi connectivity index (χ2n) is 7.15. The van der Waals surface area contributed by atoms with E-state index in [0.717, 1.165) is 25.0 Å². The number of thiophene rings is 1. The van der Waals surface area contributed by atoms with Crippen molar-refractivity contribution in [1.82, 2.24) is 14.8 Å². The summed E-state index contributed by atoms with van der Waals surface area (Å²) in [7, 11) is 0. The van der Waals surface area contributed by atoms with Crippen molar-refractivity contribution < 1.29 is 14.0 Å². The molecule has 8 heteroatoms. The summed E-state index contributed by atoms with van der Waals surface area (Å²) in [6.07, 6.45) is 0. The molecule has 2 amide bonds. The molecular formula is C22H19N3O3S2. The van der Waals surface area contributed by atoms with Crippen LogP contribution < -0.4 is 0 Å². The van der Waals surface area contributed by atoms with Gasteiger partial charge >= 0.3 is 0 Å². The Labute approximate surface area is 181 Å². The molecule has 30 heavy (non-hydrogen) atoms. The highest BCUT2D eigenvalue weighted by atomic mass is 32.1. The zero-order valence-corrected chi connectivity index (χ0v) is 18.0. The summed E-state index contributed by atoms with van der Waals surface area (Å²) in [5, 5.41) is 0.761. The lowest BCUT2D eigenvalue weighted by atomic mass is 10.2. The number of carbonyl (C=O) groups is 2. The third-order valence-electron chi connectivity index (χ3n) is 5.13. The number of piperazine rings is 1. The van der Waals surface area contributed by atoms with E-state index in [1.165, 1.54) is 11.3 Å². The number of benzene rings is 1. The topological polar surface area (TPSA) is 66.7 Å². The van der Waals surface area contributed by atoms with Gasteiger partial charge in [-0.25, -0.2) is 4.98 Å². The fraction of sp³-hybridized carbons (Fsp3) is 0.227. The van der Waals surface area contributed by atoms with Gasteiger partial charge in [-0.1, -0.05) is 12.1 Å². The largest absolute Gasteiger partial charge is 0.448 e. The lowest BCUT2D eigenvalue weighted by Crippen LogP contribution is -2.50. The van der Waals surface area contributed by atoms with Crippen molar-refractivity contribution in [3.8, 4) is 10.8 Å². The van der Waals surface area contributed by atoms with Crippen molar-refractivity contribution in [2.75, 3.05) is 26.2 Å². The van der Waals surface area contributed by atoms with Gasteiger partial charge in [-0.15, -0.1) is 22.7 Å². The van der Waals surface area contributed by atoms with Gasteiger partial charge in [0.05, 0.1) is 15.1 Å². The molecule has 152 valence electrons. The quantitative estimate of drug-likeness (QED) is 0.472. The van der Waals surface area contributed by atoms with Crippen LogP contribution >= 0.6 is 22.7 Å². The molecule has 0 bridgehead atoms. The molecule has 1 aliphatic heterocycles. The van der Waals surface area contributed by atoms with Crippen LogP contribution in [0.25, 0.3) is 21.0 Å². The van der Waals surface area contributed by atoms with E-state index in [2.05, 4.69) is 4.98 Å². The molecule has 0 spiro atoms. The van der Waals surface area contributed by atoms with Gasteiger partial charge in [0.1, 0.15) is 0 Å². The van der Waals surface area contributed by atoms with Crippen LogP contribution in [0.15, 0.2) is 52.9 Å². The molecule has 6 nitrogen and oxygen atoms in total. The summed E-state index contributed by atoms with van der Waals surface area (Å²) in [5.74, 6) is 0.789. The molecule has 0 saturated carbocycles. The summed E-state index contributed by atoms with van der Waals surface area (Å²) in [6, 6.07) is 15.2. The normalized spacial score (nSPS) is 14.4. The van der Waals surface area contributed by atoms with Gasteiger partial charge in [-0.3, -0.25) is 9.59 Å². The standard InChI is InChI=1S/C22H19N3O3S2/c1-14-6-9-19(29-14)22(27)25-12-10-24(11-13-25)21(26)17-8-7-16(28-17)20-23-15-4-2-3-5-18(15)30-20/h2-9H,10-13H2,1H3. The van der Waals surface area contributed by atoms with Crippen molar-refractivity contribution in [3.05, 3.63) is 64.0 Å². The molecule has 4 heterocycles. The third kappa shape index (κ3) is 3.53. The van der Waals surface area contributed by atoms with E-state index in [1.807, 2.05) is 48.2 Å². The van der Waals surface area contributed by atoms with E-state index >= 15 is 0 Å². The minimum atomic E-state index is -0.151. The smallest absolute Gasteiger partial charge is 0.289 e. The van der Waals surface area contributed by atoms with Gasteiger partial charge in [-0.05, 0) is 43.3 Å². The van der Waals surface area contributed by atoms with E-state index in [0.29, 0.717) is 37.7 Å². The number of aryl methyl sites for hydroxylation is 1. The molecule has 1 fully saturated rings. The zero-order valence-electron chi connectivity index (χ0n) is 16.3. The molecule has 3 aromatic heterocycles. The Balaban J connectivity index is 1.25. The number of hydrogen-bond donors (Lipinski definition) is 0.